The monoisotopic (exact) mass is 421 g/mol. The molecule has 31 heavy (non-hydrogen) atoms. The lowest BCUT2D eigenvalue weighted by molar-refractivity contribution is -0.155. The fraction of sp³-hybridized carbons (Fsp3) is 0.400. The van der Waals surface area contributed by atoms with Crippen molar-refractivity contribution in [2.24, 2.45) is 11.8 Å². The molecule has 2 aliphatic rings. The smallest absolute Gasteiger partial charge is 0.337 e. The zero-order valence-electron chi connectivity index (χ0n) is 17.7. The minimum atomic E-state index is -0.433. The number of carbonyl (C=O) groups is 3. The minimum absolute atomic E-state index is 0.0271. The largest absolute Gasteiger partial charge is 0.465 e. The van der Waals surface area contributed by atoms with E-state index in [2.05, 4.69) is 6.07 Å². The molecule has 4 rings (SSSR count). The van der Waals surface area contributed by atoms with Gasteiger partial charge in [-0.15, -0.1) is 0 Å². The molecule has 1 saturated carbocycles. The van der Waals surface area contributed by atoms with Crippen LogP contribution in [-0.4, -0.2) is 31.5 Å². The average Bonchev–Trinajstić information content (AvgIpc) is 3.26. The molecule has 2 aromatic rings. The Bertz CT molecular complexity index is 985. The number of rotatable bonds is 5. The van der Waals surface area contributed by atoms with Gasteiger partial charge in [0.1, 0.15) is 6.61 Å². The summed E-state index contributed by atoms with van der Waals surface area (Å²) in [6.45, 7) is 0.727. The van der Waals surface area contributed by atoms with E-state index < -0.39 is 11.9 Å². The standard InChI is InChI=1S/C25H27NO5/c1-30-24(28)19-9-6-7-17(15-19)16-31-25(29)21-11-4-3-10-20(21)23(27)26-14-13-18-8-2-5-12-22(18)26/h2,5-9,12,15,20-21H,3-4,10-11,13-14,16H2,1H3/t20-,21+/m1/s1. The molecule has 1 amide bonds. The number of methoxy groups -OCH3 is 1. The maximum Gasteiger partial charge on any atom is 0.337 e. The third-order valence-electron chi connectivity index (χ3n) is 6.27. The van der Waals surface area contributed by atoms with Crippen LogP contribution in [0.3, 0.4) is 0 Å². The Morgan fingerprint density at radius 2 is 1.77 bits per heavy atom. The Balaban J connectivity index is 1.43. The van der Waals surface area contributed by atoms with Crippen LogP contribution in [0, 0.1) is 11.8 Å². The fourth-order valence-corrected chi connectivity index (χ4v) is 4.64. The maximum atomic E-state index is 13.4. The molecule has 162 valence electrons. The fourth-order valence-electron chi connectivity index (χ4n) is 4.64. The predicted octanol–water partition coefficient (Wildman–Crippen LogP) is 3.91. The number of nitrogens with zero attached hydrogens (tertiary/aromatic N) is 1. The minimum Gasteiger partial charge on any atom is -0.465 e. The second-order valence-corrected chi connectivity index (χ2v) is 8.17. The van der Waals surface area contributed by atoms with Gasteiger partial charge in [-0.2, -0.15) is 0 Å². The summed E-state index contributed by atoms with van der Waals surface area (Å²) in [6, 6.07) is 14.8. The molecule has 0 N–H and O–H groups in total. The highest BCUT2D eigenvalue weighted by atomic mass is 16.5. The highest BCUT2D eigenvalue weighted by Crippen LogP contribution is 2.36. The molecule has 0 spiro atoms. The second kappa shape index (κ2) is 9.33. The molecule has 1 fully saturated rings. The van der Waals surface area contributed by atoms with Crippen LogP contribution >= 0.6 is 0 Å². The summed E-state index contributed by atoms with van der Waals surface area (Å²) in [5, 5.41) is 0. The van der Waals surface area contributed by atoms with Crippen LogP contribution < -0.4 is 4.90 Å². The van der Waals surface area contributed by atoms with Gasteiger partial charge in [0.05, 0.1) is 24.5 Å². The van der Waals surface area contributed by atoms with E-state index in [0.29, 0.717) is 30.5 Å². The van der Waals surface area contributed by atoms with Gasteiger partial charge in [-0.3, -0.25) is 9.59 Å². The van der Waals surface area contributed by atoms with Crippen molar-refractivity contribution in [2.45, 2.75) is 38.7 Å². The Hall–Kier alpha value is -3.15. The van der Waals surface area contributed by atoms with Crippen LogP contribution in [0.5, 0.6) is 0 Å². The number of benzene rings is 2. The number of carbonyl (C=O) groups excluding carboxylic acids is 3. The maximum absolute atomic E-state index is 13.4. The van der Waals surface area contributed by atoms with Gasteiger partial charge < -0.3 is 14.4 Å². The quantitative estimate of drug-likeness (QED) is 0.685. The molecule has 0 unspecified atom stereocenters. The van der Waals surface area contributed by atoms with Crippen molar-refractivity contribution >= 4 is 23.5 Å². The topological polar surface area (TPSA) is 72.9 Å². The van der Waals surface area contributed by atoms with Crippen molar-refractivity contribution in [1.29, 1.82) is 0 Å². The Morgan fingerprint density at radius 1 is 1.00 bits per heavy atom. The van der Waals surface area contributed by atoms with Crippen molar-refractivity contribution in [3.05, 3.63) is 65.2 Å². The zero-order chi connectivity index (χ0) is 21.8. The first kappa shape index (κ1) is 21.1. The molecule has 1 aliphatic carbocycles. The molecule has 6 nitrogen and oxygen atoms in total. The summed E-state index contributed by atoms with van der Waals surface area (Å²) in [5.74, 6) is -1.53. The average molecular weight is 421 g/mol. The first-order valence-electron chi connectivity index (χ1n) is 10.8. The van der Waals surface area contributed by atoms with E-state index in [1.165, 1.54) is 12.7 Å². The molecule has 0 radical (unpaired) electrons. The molecular formula is C25H27NO5. The number of esters is 2. The molecule has 0 bridgehead atoms. The van der Waals surface area contributed by atoms with E-state index in [-0.39, 0.29) is 24.4 Å². The van der Waals surface area contributed by atoms with Crippen LogP contribution in [0.25, 0.3) is 0 Å². The molecule has 0 aromatic heterocycles. The van der Waals surface area contributed by atoms with Crippen LogP contribution in [0.1, 0.15) is 47.2 Å². The van der Waals surface area contributed by atoms with Gasteiger partial charge in [0, 0.05) is 12.2 Å². The van der Waals surface area contributed by atoms with Gasteiger partial charge in [-0.05, 0) is 48.6 Å². The SMILES string of the molecule is COC(=O)c1cccc(COC(=O)[C@H]2CCCC[C@H]2C(=O)N2CCc3ccccc32)c1. The van der Waals surface area contributed by atoms with E-state index in [4.69, 9.17) is 9.47 Å². The molecule has 0 saturated heterocycles. The molecule has 6 heteroatoms. The third-order valence-corrected chi connectivity index (χ3v) is 6.27. The molecule has 1 heterocycles. The van der Waals surface area contributed by atoms with Crippen molar-refractivity contribution < 1.29 is 23.9 Å². The molecule has 2 atom stereocenters. The van der Waals surface area contributed by atoms with Gasteiger partial charge in [0.25, 0.3) is 0 Å². The number of amides is 1. The highest BCUT2D eigenvalue weighted by molar-refractivity contribution is 5.99. The second-order valence-electron chi connectivity index (χ2n) is 8.17. The van der Waals surface area contributed by atoms with Crippen molar-refractivity contribution in [3.63, 3.8) is 0 Å². The van der Waals surface area contributed by atoms with E-state index in [9.17, 15) is 14.4 Å². The first-order valence-corrected chi connectivity index (χ1v) is 10.8. The highest BCUT2D eigenvalue weighted by Gasteiger charge is 2.40. The van der Waals surface area contributed by atoms with Gasteiger partial charge in [-0.25, -0.2) is 4.79 Å². The zero-order valence-corrected chi connectivity index (χ0v) is 17.7. The van der Waals surface area contributed by atoms with Crippen molar-refractivity contribution in [3.8, 4) is 0 Å². The lowest BCUT2D eigenvalue weighted by Gasteiger charge is -2.32. The first-order chi connectivity index (χ1) is 15.1. The third kappa shape index (κ3) is 4.48. The lowest BCUT2D eigenvalue weighted by atomic mass is 9.78. The Morgan fingerprint density at radius 3 is 2.58 bits per heavy atom. The van der Waals surface area contributed by atoms with Gasteiger partial charge >= 0.3 is 11.9 Å². The van der Waals surface area contributed by atoms with Crippen LogP contribution in [0.2, 0.25) is 0 Å². The van der Waals surface area contributed by atoms with E-state index in [1.807, 2.05) is 23.1 Å². The molecule has 1 aliphatic heterocycles. The van der Waals surface area contributed by atoms with Crippen molar-refractivity contribution in [2.75, 3.05) is 18.6 Å². The van der Waals surface area contributed by atoms with Gasteiger partial charge in [0.15, 0.2) is 0 Å². The number of anilines is 1. The summed E-state index contributed by atoms with van der Waals surface area (Å²) >= 11 is 0. The number of ether oxygens (including phenoxy) is 2. The lowest BCUT2D eigenvalue weighted by Crippen LogP contribution is -2.42. The van der Waals surface area contributed by atoms with E-state index >= 15 is 0 Å². The van der Waals surface area contributed by atoms with Crippen LogP contribution in [-0.2, 0) is 32.1 Å². The van der Waals surface area contributed by atoms with Crippen LogP contribution in [0.15, 0.2) is 48.5 Å². The van der Waals surface area contributed by atoms with Gasteiger partial charge in [0.2, 0.25) is 5.91 Å². The van der Waals surface area contributed by atoms with E-state index in [0.717, 1.165) is 24.9 Å². The number of hydrogen-bond acceptors (Lipinski definition) is 5. The normalized spacial score (nSPS) is 20.1. The number of para-hydroxylation sites is 1. The molecule has 2 aromatic carbocycles. The van der Waals surface area contributed by atoms with Gasteiger partial charge in [-0.1, -0.05) is 43.2 Å². The predicted molar refractivity (Wildman–Crippen MR) is 116 cm³/mol. The summed E-state index contributed by atoms with van der Waals surface area (Å²) in [6.07, 6.45) is 4.07. The summed E-state index contributed by atoms with van der Waals surface area (Å²) in [5.41, 5.74) is 3.26. The van der Waals surface area contributed by atoms with Crippen molar-refractivity contribution in [1.82, 2.24) is 0 Å². The summed E-state index contributed by atoms with van der Waals surface area (Å²) < 4.78 is 10.3. The van der Waals surface area contributed by atoms with Crippen LogP contribution in [0.4, 0.5) is 5.69 Å². The Kier molecular flexibility index (Phi) is 6.35. The Labute approximate surface area is 182 Å². The number of fused-ring (bicyclic) bond motifs is 1. The number of hydrogen-bond donors (Lipinski definition) is 0. The summed E-state index contributed by atoms with van der Waals surface area (Å²) in [7, 11) is 1.33. The summed E-state index contributed by atoms with van der Waals surface area (Å²) in [4.78, 5) is 39.9. The van der Waals surface area contributed by atoms with E-state index in [1.54, 1.807) is 24.3 Å². The molecular weight excluding hydrogens is 394 g/mol.